The highest BCUT2D eigenvalue weighted by Crippen LogP contribution is 2.49. The maximum atomic E-state index is 14.9. The predicted molar refractivity (Wildman–Crippen MR) is 144 cm³/mol. The molecule has 1 aliphatic heterocycles. The number of hydrogen-bond donors (Lipinski definition) is 2. The summed E-state index contributed by atoms with van der Waals surface area (Å²) < 4.78 is 78.7. The summed E-state index contributed by atoms with van der Waals surface area (Å²) in [6.45, 7) is 5.69. The number of carbonyl (C=O) groups is 2. The third-order valence-electron chi connectivity index (χ3n) is 7.85. The van der Waals surface area contributed by atoms with Gasteiger partial charge in [0.1, 0.15) is 11.9 Å². The molecule has 3 fully saturated rings. The molecule has 3 aliphatic rings. The maximum absolute atomic E-state index is 14.9. The Balaban J connectivity index is 1.43. The molecule has 2 aromatic carbocycles. The van der Waals surface area contributed by atoms with E-state index in [0.717, 1.165) is 18.4 Å². The van der Waals surface area contributed by atoms with Crippen LogP contribution in [0, 0.1) is 17.7 Å². The number of piperidine rings is 1. The van der Waals surface area contributed by atoms with Crippen molar-refractivity contribution in [1.82, 2.24) is 10.2 Å². The lowest BCUT2D eigenvalue weighted by Gasteiger charge is -2.31. The maximum Gasteiger partial charge on any atom is 0.416 e. The normalized spacial score (nSPS) is 23.1. The van der Waals surface area contributed by atoms with Gasteiger partial charge in [-0.2, -0.15) is 13.2 Å². The van der Waals surface area contributed by atoms with Gasteiger partial charge in [-0.1, -0.05) is 6.07 Å². The minimum Gasteiger partial charge on any atom is -0.380 e. The number of carbonyl (C=O) groups excluding carboxylic acids is 2. The first-order valence-corrected chi connectivity index (χ1v) is 15.4. The summed E-state index contributed by atoms with van der Waals surface area (Å²) in [5.74, 6) is -2.06. The highest BCUT2D eigenvalue weighted by molar-refractivity contribution is 7.90. The molecule has 2 aromatic rings. The molecule has 222 valence electrons. The first-order chi connectivity index (χ1) is 18.9. The van der Waals surface area contributed by atoms with Gasteiger partial charge in [-0.15, -0.1) is 0 Å². The van der Waals surface area contributed by atoms with Gasteiger partial charge in [0.15, 0.2) is 9.84 Å². The molecule has 41 heavy (non-hydrogen) atoms. The highest BCUT2D eigenvalue weighted by atomic mass is 32.2. The Morgan fingerprint density at radius 1 is 1.02 bits per heavy atom. The van der Waals surface area contributed by atoms with Gasteiger partial charge in [0.05, 0.1) is 22.1 Å². The van der Waals surface area contributed by atoms with Crippen molar-refractivity contribution in [1.29, 1.82) is 0 Å². The van der Waals surface area contributed by atoms with Crippen LogP contribution in [0.1, 0.15) is 74.0 Å². The number of anilines is 1. The number of sulfone groups is 1. The monoisotopic (exact) mass is 595 g/mol. The van der Waals surface area contributed by atoms with Crippen LogP contribution in [-0.4, -0.2) is 49.0 Å². The van der Waals surface area contributed by atoms with E-state index in [1.807, 2.05) is 20.8 Å². The van der Waals surface area contributed by atoms with Crippen molar-refractivity contribution in [3.05, 3.63) is 58.9 Å². The number of alkyl halides is 3. The summed E-state index contributed by atoms with van der Waals surface area (Å²) in [6, 6.07) is 4.70. The fourth-order valence-electron chi connectivity index (χ4n) is 5.65. The topological polar surface area (TPSA) is 95.6 Å². The van der Waals surface area contributed by atoms with E-state index in [2.05, 4.69) is 10.6 Å². The molecule has 1 saturated heterocycles. The van der Waals surface area contributed by atoms with Crippen LogP contribution in [0.4, 0.5) is 23.2 Å². The number of nitrogens with zero attached hydrogens (tertiary/aromatic N) is 1. The van der Waals surface area contributed by atoms with Gasteiger partial charge in [-0.25, -0.2) is 12.8 Å². The van der Waals surface area contributed by atoms with E-state index in [1.165, 1.54) is 17.0 Å². The zero-order chi connectivity index (χ0) is 30.1. The summed E-state index contributed by atoms with van der Waals surface area (Å²) in [5, 5.41) is 6.08. The van der Waals surface area contributed by atoms with Gasteiger partial charge in [-0.3, -0.25) is 9.59 Å². The molecule has 0 radical (unpaired) electrons. The highest BCUT2D eigenvalue weighted by Gasteiger charge is 2.57. The smallest absolute Gasteiger partial charge is 0.380 e. The first-order valence-electron chi connectivity index (χ1n) is 13.6. The van der Waals surface area contributed by atoms with Gasteiger partial charge < -0.3 is 15.5 Å². The number of likely N-dealkylation sites (tertiary alicyclic amines) is 1. The van der Waals surface area contributed by atoms with E-state index < -0.39 is 56.8 Å². The minimum atomic E-state index is -4.70. The Labute approximate surface area is 236 Å². The predicted octanol–water partition coefficient (Wildman–Crippen LogP) is 5.33. The first kappa shape index (κ1) is 29.3. The Bertz CT molecular complexity index is 1500. The van der Waals surface area contributed by atoms with Gasteiger partial charge in [0, 0.05) is 29.1 Å². The lowest BCUT2D eigenvalue weighted by Crippen LogP contribution is -2.49. The summed E-state index contributed by atoms with van der Waals surface area (Å²) in [6.07, 6.45) is -1.17. The lowest BCUT2D eigenvalue weighted by molar-refractivity contribution is -0.137. The summed E-state index contributed by atoms with van der Waals surface area (Å²) >= 11 is 0. The number of nitrogens with one attached hydrogen (secondary N) is 2. The van der Waals surface area contributed by atoms with Crippen molar-refractivity contribution >= 4 is 27.3 Å². The molecule has 2 saturated carbocycles. The van der Waals surface area contributed by atoms with E-state index in [-0.39, 0.29) is 33.9 Å². The fourth-order valence-corrected chi connectivity index (χ4v) is 6.30. The number of rotatable bonds is 7. The molecule has 2 N–H and O–H groups in total. The SMILES string of the molecule is CC(C)(C)Nc1ccc(S(C)(=O)=O)cc1C(=O)N1[C@@H](C(=O)N[C@@H](c2ccc(C(F)(F)F)cc2F)C2CC2)C[C@H]2C[C@H]21. The number of amides is 2. The van der Waals surface area contributed by atoms with Crippen LogP contribution in [0.15, 0.2) is 41.3 Å². The Morgan fingerprint density at radius 3 is 2.27 bits per heavy atom. The second-order valence-corrected chi connectivity index (χ2v) is 14.5. The Morgan fingerprint density at radius 2 is 1.71 bits per heavy atom. The van der Waals surface area contributed by atoms with E-state index in [9.17, 15) is 35.6 Å². The third kappa shape index (κ3) is 6.22. The van der Waals surface area contributed by atoms with Crippen LogP contribution in [0.5, 0.6) is 0 Å². The number of fused-ring (bicyclic) bond motifs is 1. The molecular formula is C29H33F4N3O4S. The van der Waals surface area contributed by atoms with Crippen molar-refractivity contribution in [2.75, 3.05) is 11.6 Å². The molecule has 5 rings (SSSR count). The van der Waals surface area contributed by atoms with Gasteiger partial charge in [-0.05, 0) is 88.6 Å². The van der Waals surface area contributed by atoms with Crippen LogP contribution in [0.3, 0.4) is 0 Å². The zero-order valence-corrected chi connectivity index (χ0v) is 24.0. The number of benzene rings is 2. The third-order valence-corrected chi connectivity index (χ3v) is 8.97. The van der Waals surface area contributed by atoms with Crippen LogP contribution in [0.2, 0.25) is 0 Å². The quantitative estimate of drug-likeness (QED) is 0.422. The Hall–Kier alpha value is -3.15. The molecule has 12 heteroatoms. The van der Waals surface area contributed by atoms with Crippen molar-refractivity contribution in [2.45, 2.75) is 81.2 Å². The molecule has 2 amide bonds. The molecular weight excluding hydrogens is 562 g/mol. The average Bonchev–Trinajstić information content (AvgIpc) is 3.78. The molecule has 0 spiro atoms. The lowest BCUT2D eigenvalue weighted by atomic mass is 9.98. The van der Waals surface area contributed by atoms with E-state index in [4.69, 9.17) is 0 Å². The summed E-state index contributed by atoms with van der Waals surface area (Å²) in [4.78, 5) is 29.1. The molecule has 2 aliphatic carbocycles. The second kappa shape index (κ2) is 9.99. The number of halogens is 4. The molecule has 1 heterocycles. The largest absolute Gasteiger partial charge is 0.416 e. The zero-order valence-electron chi connectivity index (χ0n) is 23.2. The van der Waals surface area contributed by atoms with Crippen molar-refractivity contribution in [2.24, 2.45) is 11.8 Å². The fraction of sp³-hybridized carbons (Fsp3) is 0.517. The summed E-state index contributed by atoms with van der Waals surface area (Å²) in [7, 11) is -3.63. The molecule has 7 nitrogen and oxygen atoms in total. The second-order valence-electron chi connectivity index (χ2n) is 12.4. The van der Waals surface area contributed by atoms with Crippen LogP contribution in [0.25, 0.3) is 0 Å². The van der Waals surface area contributed by atoms with Crippen molar-refractivity contribution < 1.29 is 35.6 Å². The molecule has 4 atom stereocenters. The average molecular weight is 596 g/mol. The van der Waals surface area contributed by atoms with Crippen LogP contribution in [-0.2, 0) is 20.8 Å². The number of hydrogen-bond acceptors (Lipinski definition) is 5. The molecule has 0 unspecified atom stereocenters. The molecule has 0 aromatic heterocycles. The molecule has 0 bridgehead atoms. The Kier molecular flexibility index (Phi) is 7.15. The summed E-state index contributed by atoms with van der Waals surface area (Å²) in [5.41, 5.74) is -1.02. The van der Waals surface area contributed by atoms with Crippen molar-refractivity contribution in [3.63, 3.8) is 0 Å². The van der Waals surface area contributed by atoms with Gasteiger partial charge in [0.2, 0.25) is 5.91 Å². The standard InChI is InChI=1S/C29H33F4N3O4S/c1-28(2,3)35-22-10-8-18(41(4,39)40)14-20(22)27(38)36-23-11-16(23)12-24(36)26(37)34-25(15-5-6-15)19-9-7-17(13-21(19)30)29(31,32)33/h7-10,13-16,23-25,35H,5-6,11-12H2,1-4H3,(H,34,37)/t16-,23-,24-,25-/m1/s1. The van der Waals surface area contributed by atoms with E-state index >= 15 is 0 Å². The van der Waals surface area contributed by atoms with Gasteiger partial charge in [0.25, 0.3) is 5.91 Å². The van der Waals surface area contributed by atoms with E-state index in [1.54, 1.807) is 6.07 Å². The minimum absolute atomic E-state index is 0.0209. The van der Waals surface area contributed by atoms with Crippen molar-refractivity contribution in [3.8, 4) is 0 Å². The van der Waals surface area contributed by atoms with Crippen LogP contribution >= 0.6 is 0 Å². The van der Waals surface area contributed by atoms with Gasteiger partial charge >= 0.3 is 6.18 Å². The van der Waals surface area contributed by atoms with E-state index in [0.29, 0.717) is 37.4 Å². The van der Waals surface area contributed by atoms with Crippen LogP contribution < -0.4 is 10.6 Å².